The Morgan fingerprint density at radius 2 is 2.05 bits per heavy atom. The molecule has 0 aliphatic carbocycles. The Morgan fingerprint density at radius 1 is 1.37 bits per heavy atom. The van der Waals surface area contributed by atoms with Crippen LogP contribution in [0.1, 0.15) is 17.0 Å². The van der Waals surface area contributed by atoms with Gasteiger partial charge in [-0.05, 0) is 11.1 Å². The monoisotopic (exact) mass is 262 g/mol. The number of hydrogen-bond acceptors (Lipinski definition) is 3. The summed E-state index contributed by atoms with van der Waals surface area (Å²) in [7, 11) is 3.41. The van der Waals surface area contributed by atoms with Gasteiger partial charge in [0.25, 0.3) is 0 Å². The van der Waals surface area contributed by atoms with Crippen LogP contribution in [0.4, 0.5) is 0 Å². The van der Waals surface area contributed by atoms with Crippen LogP contribution in [-0.4, -0.2) is 54.0 Å². The Morgan fingerprint density at radius 3 is 2.68 bits per heavy atom. The number of amides is 1. The molecule has 1 atom stereocenters. The van der Waals surface area contributed by atoms with Crippen molar-refractivity contribution in [1.82, 2.24) is 9.80 Å². The molecule has 0 saturated heterocycles. The third-order valence-corrected chi connectivity index (χ3v) is 3.42. The molecule has 1 aromatic rings. The highest BCUT2D eigenvalue weighted by Gasteiger charge is 2.30. The number of carbonyl (C=O) groups excluding carboxylic acids is 1. The van der Waals surface area contributed by atoms with Gasteiger partial charge in [-0.25, -0.2) is 0 Å². The number of likely N-dealkylation sites (N-methyl/N-ethyl adjacent to an activating group) is 1. The van der Waals surface area contributed by atoms with Crippen LogP contribution in [0.15, 0.2) is 24.3 Å². The van der Waals surface area contributed by atoms with Crippen LogP contribution in [0.2, 0.25) is 0 Å². The number of hydrogen-bond donors (Lipinski definition) is 1. The number of carboxylic acid groups (broad SMARTS) is 1. The van der Waals surface area contributed by atoms with E-state index in [-0.39, 0.29) is 12.5 Å². The molecule has 1 aliphatic heterocycles. The lowest BCUT2D eigenvalue weighted by Gasteiger charge is -2.32. The second kappa shape index (κ2) is 5.40. The standard InChI is InChI=1S/C14H18N2O3/c1-15(2)13(17)9-16-7-10-5-3-4-6-11(10)12(8-16)14(18)19/h3-6,12H,7-9H2,1-2H3,(H,18,19). The molecule has 1 heterocycles. The van der Waals surface area contributed by atoms with Gasteiger partial charge < -0.3 is 10.0 Å². The first-order chi connectivity index (χ1) is 8.99. The predicted octanol–water partition coefficient (Wildman–Crippen LogP) is 0.759. The minimum Gasteiger partial charge on any atom is -0.481 e. The van der Waals surface area contributed by atoms with E-state index in [0.717, 1.165) is 11.1 Å². The first kappa shape index (κ1) is 13.5. The molecule has 1 unspecified atom stereocenters. The van der Waals surface area contributed by atoms with Gasteiger partial charge in [0.2, 0.25) is 5.91 Å². The van der Waals surface area contributed by atoms with Crippen molar-refractivity contribution in [2.75, 3.05) is 27.2 Å². The zero-order valence-corrected chi connectivity index (χ0v) is 11.2. The first-order valence-corrected chi connectivity index (χ1v) is 6.22. The van der Waals surface area contributed by atoms with Gasteiger partial charge in [0.1, 0.15) is 0 Å². The topological polar surface area (TPSA) is 60.9 Å². The molecule has 0 saturated carbocycles. The SMILES string of the molecule is CN(C)C(=O)CN1Cc2ccccc2C(C(=O)O)C1. The highest BCUT2D eigenvalue weighted by molar-refractivity contribution is 5.79. The predicted molar refractivity (Wildman–Crippen MR) is 70.8 cm³/mol. The summed E-state index contributed by atoms with van der Waals surface area (Å²) in [4.78, 5) is 26.5. The van der Waals surface area contributed by atoms with E-state index >= 15 is 0 Å². The third kappa shape index (κ3) is 2.93. The van der Waals surface area contributed by atoms with Crippen molar-refractivity contribution in [3.05, 3.63) is 35.4 Å². The van der Waals surface area contributed by atoms with Crippen LogP contribution >= 0.6 is 0 Å². The number of rotatable bonds is 3. The normalized spacial score (nSPS) is 18.7. The molecular formula is C14H18N2O3. The summed E-state index contributed by atoms with van der Waals surface area (Å²) >= 11 is 0. The largest absolute Gasteiger partial charge is 0.481 e. The minimum atomic E-state index is -0.838. The highest BCUT2D eigenvalue weighted by Crippen LogP contribution is 2.28. The maximum atomic E-state index is 11.7. The van der Waals surface area contributed by atoms with Crippen LogP contribution in [0.25, 0.3) is 0 Å². The lowest BCUT2D eigenvalue weighted by Crippen LogP contribution is -2.42. The minimum absolute atomic E-state index is 0.0106. The Balaban J connectivity index is 2.20. The molecule has 19 heavy (non-hydrogen) atoms. The van der Waals surface area contributed by atoms with Gasteiger partial charge in [0, 0.05) is 27.2 Å². The summed E-state index contributed by atoms with van der Waals surface area (Å²) in [5.74, 6) is -1.40. The van der Waals surface area contributed by atoms with Crippen molar-refractivity contribution >= 4 is 11.9 Å². The van der Waals surface area contributed by atoms with Gasteiger partial charge in [0.15, 0.2) is 0 Å². The van der Waals surface area contributed by atoms with Crippen molar-refractivity contribution < 1.29 is 14.7 Å². The van der Waals surface area contributed by atoms with Crippen molar-refractivity contribution in [3.63, 3.8) is 0 Å². The molecule has 102 valence electrons. The maximum Gasteiger partial charge on any atom is 0.312 e. The second-order valence-electron chi connectivity index (χ2n) is 5.05. The third-order valence-electron chi connectivity index (χ3n) is 3.42. The van der Waals surface area contributed by atoms with E-state index in [9.17, 15) is 14.7 Å². The first-order valence-electron chi connectivity index (χ1n) is 6.22. The summed E-state index contributed by atoms with van der Waals surface area (Å²) in [6, 6.07) is 7.54. The van der Waals surface area contributed by atoms with Crippen LogP contribution < -0.4 is 0 Å². The number of benzene rings is 1. The van der Waals surface area contributed by atoms with Gasteiger partial charge in [-0.2, -0.15) is 0 Å². The summed E-state index contributed by atoms with van der Waals surface area (Å²) < 4.78 is 0. The average Bonchev–Trinajstić information content (AvgIpc) is 2.37. The molecule has 1 aromatic carbocycles. The molecular weight excluding hydrogens is 244 g/mol. The summed E-state index contributed by atoms with van der Waals surface area (Å²) in [6.45, 7) is 1.26. The van der Waals surface area contributed by atoms with E-state index in [1.54, 1.807) is 14.1 Å². The Bertz CT molecular complexity index is 499. The van der Waals surface area contributed by atoms with E-state index in [0.29, 0.717) is 13.1 Å². The molecule has 0 spiro atoms. The fourth-order valence-electron chi connectivity index (χ4n) is 2.34. The quantitative estimate of drug-likeness (QED) is 0.873. The van der Waals surface area contributed by atoms with E-state index in [1.807, 2.05) is 29.2 Å². The lowest BCUT2D eigenvalue weighted by atomic mass is 9.90. The second-order valence-corrected chi connectivity index (χ2v) is 5.05. The van der Waals surface area contributed by atoms with Gasteiger partial charge in [-0.15, -0.1) is 0 Å². The number of aliphatic carboxylic acids is 1. The molecule has 0 radical (unpaired) electrons. The Labute approximate surface area is 112 Å². The van der Waals surface area contributed by atoms with Crippen LogP contribution in [0, 0.1) is 0 Å². The zero-order valence-electron chi connectivity index (χ0n) is 11.2. The van der Waals surface area contributed by atoms with Crippen LogP contribution in [-0.2, 0) is 16.1 Å². The van der Waals surface area contributed by atoms with E-state index in [4.69, 9.17) is 0 Å². The average molecular weight is 262 g/mol. The van der Waals surface area contributed by atoms with E-state index < -0.39 is 11.9 Å². The number of fused-ring (bicyclic) bond motifs is 1. The van der Waals surface area contributed by atoms with Crippen molar-refractivity contribution in [1.29, 1.82) is 0 Å². The van der Waals surface area contributed by atoms with Gasteiger partial charge in [0.05, 0.1) is 12.5 Å². The van der Waals surface area contributed by atoms with Gasteiger partial charge in [-0.1, -0.05) is 24.3 Å². The number of nitrogens with zero attached hydrogens (tertiary/aromatic N) is 2. The number of carbonyl (C=O) groups is 2. The molecule has 0 bridgehead atoms. The highest BCUT2D eigenvalue weighted by atomic mass is 16.4. The fraction of sp³-hybridized carbons (Fsp3) is 0.429. The van der Waals surface area contributed by atoms with Crippen molar-refractivity contribution in [2.24, 2.45) is 0 Å². The fourth-order valence-corrected chi connectivity index (χ4v) is 2.34. The van der Waals surface area contributed by atoms with Crippen molar-refractivity contribution in [3.8, 4) is 0 Å². The molecule has 2 rings (SSSR count). The smallest absolute Gasteiger partial charge is 0.312 e. The molecule has 1 aliphatic rings. The van der Waals surface area contributed by atoms with Gasteiger partial charge >= 0.3 is 5.97 Å². The van der Waals surface area contributed by atoms with Crippen LogP contribution in [0.3, 0.4) is 0 Å². The molecule has 1 amide bonds. The summed E-state index contributed by atoms with van der Waals surface area (Å²) in [5, 5.41) is 9.32. The van der Waals surface area contributed by atoms with E-state index in [2.05, 4.69) is 0 Å². The number of carboxylic acids is 1. The van der Waals surface area contributed by atoms with Crippen LogP contribution in [0.5, 0.6) is 0 Å². The Hall–Kier alpha value is -1.88. The maximum absolute atomic E-state index is 11.7. The zero-order chi connectivity index (χ0) is 14.0. The molecule has 5 nitrogen and oxygen atoms in total. The summed E-state index contributed by atoms with van der Waals surface area (Å²) in [6.07, 6.45) is 0. The Kier molecular flexibility index (Phi) is 3.85. The van der Waals surface area contributed by atoms with Crippen molar-refractivity contribution in [2.45, 2.75) is 12.5 Å². The van der Waals surface area contributed by atoms with Gasteiger partial charge in [-0.3, -0.25) is 14.5 Å². The van der Waals surface area contributed by atoms with E-state index in [1.165, 1.54) is 4.90 Å². The molecule has 0 fully saturated rings. The summed E-state index contributed by atoms with van der Waals surface area (Å²) in [5.41, 5.74) is 1.86. The molecule has 1 N–H and O–H groups in total. The lowest BCUT2D eigenvalue weighted by molar-refractivity contribution is -0.140. The molecule has 5 heteroatoms. The molecule has 0 aromatic heterocycles.